The Morgan fingerprint density at radius 2 is 1.86 bits per heavy atom. The van der Waals surface area contributed by atoms with Crippen molar-refractivity contribution in [2.24, 2.45) is 5.73 Å². The summed E-state index contributed by atoms with van der Waals surface area (Å²) in [5, 5.41) is 0. The molecule has 0 spiro atoms. The van der Waals surface area contributed by atoms with Crippen LogP contribution in [-0.4, -0.2) is 35.6 Å². The lowest BCUT2D eigenvalue weighted by molar-refractivity contribution is -0.123. The molecule has 0 radical (unpaired) electrons. The SMILES string of the molecule is CC(C)(C)OC(=O)N1CC[C@](C(N)=O)(c2ccccc2)C1. The largest absolute Gasteiger partial charge is 0.444 e. The van der Waals surface area contributed by atoms with E-state index in [9.17, 15) is 9.59 Å². The van der Waals surface area contributed by atoms with E-state index < -0.39 is 23.0 Å². The summed E-state index contributed by atoms with van der Waals surface area (Å²) in [5.41, 5.74) is 5.11. The average Bonchev–Trinajstić information content (AvgIpc) is 2.84. The van der Waals surface area contributed by atoms with Gasteiger partial charge in [-0.3, -0.25) is 4.79 Å². The minimum atomic E-state index is -0.821. The number of ether oxygens (including phenoxy) is 1. The number of rotatable bonds is 2. The Labute approximate surface area is 125 Å². The minimum Gasteiger partial charge on any atom is -0.444 e. The molecule has 1 aromatic rings. The van der Waals surface area contributed by atoms with Gasteiger partial charge in [-0.1, -0.05) is 30.3 Å². The van der Waals surface area contributed by atoms with Crippen molar-refractivity contribution in [3.63, 3.8) is 0 Å². The molecule has 0 aromatic heterocycles. The van der Waals surface area contributed by atoms with Gasteiger partial charge in [-0.25, -0.2) is 4.79 Å². The number of carbonyl (C=O) groups is 2. The van der Waals surface area contributed by atoms with Gasteiger partial charge in [0.25, 0.3) is 0 Å². The molecule has 0 saturated carbocycles. The molecule has 1 saturated heterocycles. The smallest absolute Gasteiger partial charge is 0.410 e. The van der Waals surface area contributed by atoms with Crippen LogP contribution in [0.25, 0.3) is 0 Å². The maximum absolute atomic E-state index is 12.2. The first-order valence-electron chi connectivity index (χ1n) is 7.08. The molecule has 1 fully saturated rings. The fraction of sp³-hybridized carbons (Fsp3) is 0.500. The van der Waals surface area contributed by atoms with E-state index in [0.717, 1.165) is 5.56 Å². The van der Waals surface area contributed by atoms with Crippen molar-refractivity contribution in [1.82, 2.24) is 4.90 Å². The van der Waals surface area contributed by atoms with Gasteiger partial charge >= 0.3 is 6.09 Å². The lowest BCUT2D eigenvalue weighted by Crippen LogP contribution is -2.45. The summed E-state index contributed by atoms with van der Waals surface area (Å²) in [6.07, 6.45) is 0.118. The standard InChI is InChI=1S/C16H22N2O3/c1-15(2,3)21-14(20)18-10-9-16(11-18,13(17)19)12-7-5-4-6-8-12/h4-8H,9-11H2,1-3H3,(H2,17,19)/t16-/m1/s1. The van der Waals surface area contributed by atoms with E-state index in [0.29, 0.717) is 13.0 Å². The van der Waals surface area contributed by atoms with Crippen LogP contribution in [0.4, 0.5) is 4.79 Å². The number of carbonyl (C=O) groups excluding carboxylic acids is 2. The predicted molar refractivity (Wildman–Crippen MR) is 79.7 cm³/mol. The highest BCUT2D eigenvalue weighted by atomic mass is 16.6. The summed E-state index contributed by atoms with van der Waals surface area (Å²) in [6.45, 7) is 6.19. The Balaban J connectivity index is 2.21. The van der Waals surface area contributed by atoms with E-state index in [4.69, 9.17) is 10.5 Å². The van der Waals surface area contributed by atoms with Crippen molar-refractivity contribution >= 4 is 12.0 Å². The molecule has 1 heterocycles. The molecular weight excluding hydrogens is 268 g/mol. The molecule has 1 aliphatic heterocycles. The predicted octanol–water partition coefficient (Wildman–Crippen LogP) is 2.05. The molecule has 21 heavy (non-hydrogen) atoms. The summed E-state index contributed by atoms with van der Waals surface area (Å²) < 4.78 is 5.37. The molecule has 0 bridgehead atoms. The number of nitrogens with zero attached hydrogens (tertiary/aromatic N) is 1. The van der Waals surface area contributed by atoms with Crippen LogP contribution in [0.5, 0.6) is 0 Å². The normalized spacial score (nSPS) is 22.1. The van der Waals surface area contributed by atoms with Gasteiger partial charge in [0, 0.05) is 13.1 Å². The van der Waals surface area contributed by atoms with Gasteiger partial charge in [0.15, 0.2) is 0 Å². The number of benzene rings is 1. The van der Waals surface area contributed by atoms with Crippen LogP contribution in [0.2, 0.25) is 0 Å². The zero-order valence-electron chi connectivity index (χ0n) is 12.8. The second-order valence-corrected chi connectivity index (χ2v) is 6.46. The van der Waals surface area contributed by atoms with Gasteiger partial charge < -0.3 is 15.4 Å². The van der Waals surface area contributed by atoms with E-state index in [-0.39, 0.29) is 6.54 Å². The third kappa shape index (κ3) is 3.17. The molecule has 0 aliphatic carbocycles. The average molecular weight is 290 g/mol. The number of hydrogen-bond donors (Lipinski definition) is 1. The van der Waals surface area contributed by atoms with E-state index in [1.165, 1.54) is 0 Å². The van der Waals surface area contributed by atoms with Crippen LogP contribution in [0.1, 0.15) is 32.8 Å². The van der Waals surface area contributed by atoms with Crippen LogP contribution < -0.4 is 5.73 Å². The zero-order valence-corrected chi connectivity index (χ0v) is 12.8. The number of primary amides is 1. The second kappa shape index (κ2) is 5.39. The summed E-state index contributed by atoms with van der Waals surface area (Å²) >= 11 is 0. The molecule has 5 nitrogen and oxygen atoms in total. The van der Waals surface area contributed by atoms with Gasteiger partial charge in [0.2, 0.25) is 5.91 Å². The molecule has 2 rings (SSSR count). The lowest BCUT2D eigenvalue weighted by atomic mass is 9.79. The van der Waals surface area contributed by atoms with Crippen molar-refractivity contribution in [3.05, 3.63) is 35.9 Å². The Hall–Kier alpha value is -2.04. The van der Waals surface area contributed by atoms with E-state index >= 15 is 0 Å². The van der Waals surface area contributed by atoms with E-state index in [1.807, 2.05) is 51.1 Å². The quantitative estimate of drug-likeness (QED) is 0.906. The summed E-state index contributed by atoms with van der Waals surface area (Å²) in [6, 6.07) is 9.39. The highest BCUT2D eigenvalue weighted by molar-refractivity contribution is 5.88. The molecule has 1 aliphatic rings. The van der Waals surface area contributed by atoms with Crippen LogP contribution in [0.15, 0.2) is 30.3 Å². The number of nitrogens with two attached hydrogens (primary N) is 1. The number of likely N-dealkylation sites (tertiary alicyclic amines) is 1. The van der Waals surface area contributed by atoms with Crippen LogP contribution in [0, 0.1) is 0 Å². The number of amides is 2. The van der Waals surface area contributed by atoms with Crippen LogP contribution >= 0.6 is 0 Å². The summed E-state index contributed by atoms with van der Waals surface area (Å²) in [7, 11) is 0. The zero-order chi connectivity index (χ0) is 15.7. The molecular formula is C16H22N2O3. The molecule has 1 aromatic carbocycles. The maximum Gasteiger partial charge on any atom is 0.410 e. The molecule has 5 heteroatoms. The van der Waals surface area contributed by atoms with Crippen molar-refractivity contribution in [3.8, 4) is 0 Å². The fourth-order valence-electron chi connectivity index (χ4n) is 2.63. The Kier molecular flexibility index (Phi) is 3.94. The highest BCUT2D eigenvalue weighted by Crippen LogP contribution is 2.35. The first kappa shape index (κ1) is 15.4. The van der Waals surface area contributed by atoms with Gasteiger partial charge in [0.1, 0.15) is 5.60 Å². The van der Waals surface area contributed by atoms with Crippen LogP contribution in [-0.2, 0) is 14.9 Å². The molecule has 2 amide bonds. The van der Waals surface area contributed by atoms with Gasteiger partial charge in [-0.2, -0.15) is 0 Å². The highest BCUT2D eigenvalue weighted by Gasteiger charge is 2.46. The fourth-order valence-corrected chi connectivity index (χ4v) is 2.63. The minimum absolute atomic E-state index is 0.265. The molecule has 114 valence electrons. The Morgan fingerprint density at radius 1 is 1.24 bits per heavy atom. The van der Waals surface area contributed by atoms with Gasteiger partial charge in [-0.15, -0.1) is 0 Å². The molecule has 1 atom stereocenters. The third-order valence-electron chi connectivity index (χ3n) is 3.72. The first-order valence-corrected chi connectivity index (χ1v) is 7.08. The third-order valence-corrected chi connectivity index (χ3v) is 3.72. The first-order chi connectivity index (χ1) is 9.74. The summed E-state index contributed by atoms with van der Waals surface area (Å²) in [4.78, 5) is 25.7. The molecule has 0 unspecified atom stereocenters. The van der Waals surface area contributed by atoms with Crippen molar-refractivity contribution in [2.75, 3.05) is 13.1 Å². The lowest BCUT2D eigenvalue weighted by Gasteiger charge is -2.28. The van der Waals surface area contributed by atoms with Crippen LogP contribution in [0.3, 0.4) is 0 Å². The maximum atomic E-state index is 12.2. The Bertz CT molecular complexity index is 536. The van der Waals surface area contributed by atoms with Gasteiger partial charge in [0.05, 0.1) is 5.41 Å². The Morgan fingerprint density at radius 3 is 2.38 bits per heavy atom. The summed E-state index contributed by atoms with van der Waals surface area (Å²) in [5.74, 6) is -0.403. The molecule has 2 N–H and O–H groups in total. The topological polar surface area (TPSA) is 72.6 Å². The van der Waals surface area contributed by atoms with E-state index in [2.05, 4.69) is 0 Å². The monoisotopic (exact) mass is 290 g/mol. The van der Waals surface area contributed by atoms with Crippen molar-refractivity contribution in [1.29, 1.82) is 0 Å². The van der Waals surface area contributed by atoms with Crippen molar-refractivity contribution < 1.29 is 14.3 Å². The van der Waals surface area contributed by atoms with Gasteiger partial charge in [-0.05, 0) is 32.8 Å². The number of hydrogen-bond acceptors (Lipinski definition) is 3. The second-order valence-electron chi connectivity index (χ2n) is 6.46. The van der Waals surface area contributed by atoms with E-state index in [1.54, 1.807) is 4.90 Å². The van der Waals surface area contributed by atoms with Crippen molar-refractivity contribution in [2.45, 2.75) is 38.2 Å².